The molecule has 1 aliphatic rings. The van der Waals surface area contributed by atoms with E-state index in [1.165, 1.54) is 0 Å². The maximum absolute atomic E-state index is 13.0. The molecule has 178 valence electrons. The third-order valence-electron chi connectivity index (χ3n) is 5.08. The van der Waals surface area contributed by atoms with Gasteiger partial charge in [-0.2, -0.15) is 0 Å². The largest absolute Gasteiger partial charge is 0.483 e. The number of aryl methyl sites for hydroxylation is 1. The van der Waals surface area contributed by atoms with Crippen molar-refractivity contribution in [3.63, 3.8) is 0 Å². The van der Waals surface area contributed by atoms with Crippen molar-refractivity contribution in [2.45, 2.75) is 13.5 Å². The van der Waals surface area contributed by atoms with Crippen LogP contribution in [0.5, 0.6) is 5.75 Å². The normalized spacial score (nSPS) is 14.5. The molecule has 0 atom stereocenters. The Bertz CT molecular complexity index is 1340. The average Bonchev–Trinajstić information content (AvgIpc) is 3.07. The summed E-state index contributed by atoms with van der Waals surface area (Å²) in [5.74, 6) is -0.331. The summed E-state index contributed by atoms with van der Waals surface area (Å²) in [5.41, 5.74) is 2.90. The van der Waals surface area contributed by atoms with Gasteiger partial charge < -0.3 is 10.1 Å². The van der Waals surface area contributed by atoms with Gasteiger partial charge in [-0.25, -0.2) is 0 Å². The highest BCUT2D eigenvalue weighted by Crippen LogP contribution is 2.35. The zero-order chi connectivity index (χ0) is 24.9. The van der Waals surface area contributed by atoms with Crippen LogP contribution in [0.4, 0.5) is 10.5 Å². The lowest BCUT2D eigenvalue weighted by molar-refractivity contribution is -0.123. The summed E-state index contributed by atoms with van der Waals surface area (Å²) in [6.45, 7) is 1.76. The summed E-state index contributed by atoms with van der Waals surface area (Å²) in [6, 6.07) is 19.3. The highest BCUT2D eigenvalue weighted by molar-refractivity contribution is 8.18. The topological polar surface area (TPSA) is 75.7 Å². The molecule has 0 aromatic heterocycles. The molecule has 0 bridgehead atoms. The first-order valence-corrected chi connectivity index (χ1v) is 12.1. The van der Waals surface area contributed by atoms with E-state index in [1.807, 2.05) is 25.1 Å². The van der Waals surface area contributed by atoms with E-state index in [2.05, 4.69) is 5.32 Å². The van der Waals surface area contributed by atoms with Gasteiger partial charge in [0.2, 0.25) is 0 Å². The van der Waals surface area contributed by atoms with Crippen LogP contribution in [0.2, 0.25) is 10.0 Å². The number of para-hydroxylation sites is 1. The first kappa shape index (κ1) is 24.9. The lowest BCUT2D eigenvalue weighted by Gasteiger charge is -2.14. The Morgan fingerprint density at radius 3 is 2.63 bits per heavy atom. The van der Waals surface area contributed by atoms with Gasteiger partial charge in [0.1, 0.15) is 5.75 Å². The van der Waals surface area contributed by atoms with Crippen molar-refractivity contribution in [3.8, 4) is 5.75 Å². The number of benzene rings is 3. The number of ether oxygens (including phenoxy) is 1. The molecule has 1 fully saturated rings. The summed E-state index contributed by atoms with van der Waals surface area (Å²) in [4.78, 5) is 39.2. The van der Waals surface area contributed by atoms with E-state index in [0.717, 1.165) is 22.2 Å². The van der Waals surface area contributed by atoms with Crippen molar-refractivity contribution in [1.82, 2.24) is 4.90 Å². The number of hydrogen-bond acceptors (Lipinski definition) is 5. The van der Waals surface area contributed by atoms with Crippen LogP contribution in [0, 0.1) is 6.92 Å². The molecule has 4 rings (SSSR count). The molecule has 0 unspecified atom stereocenters. The summed E-state index contributed by atoms with van der Waals surface area (Å²) < 4.78 is 5.72. The first-order valence-electron chi connectivity index (χ1n) is 10.6. The lowest BCUT2D eigenvalue weighted by atomic mass is 10.1. The van der Waals surface area contributed by atoms with E-state index in [9.17, 15) is 14.4 Å². The van der Waals surface area contributed by atoms with Gasteiger partial charge in [-0.05, 0) is 66.2 Å². The predicted octanol–water partition coefficient (Wildman–Crippen LogP) is 6.56. The molecule has 3 aromatic rings. The SMILES string of the molecule is Cc1cccc(NC(=O)COc2ccccc2/C=C2\SC(=O)N(Cc3ccc(Cl)cc3Cl)C2=O)c1. The molecule has 0 aliphatic carbocycles. The van der Waals surface area contributed by atoms with Crippen molar-refractivity contribution in [2.24, 2.45) is 0 Å². The van der Waals surface area contributed by atoms with E-state index < -0.39 is 11.1 Å². The molecule has 0 spiro atoms. The Morgan fingerprint density at radius 1 is 1.06 bits per heavy atom. The number of rotatable bonds is 7. The maximum atomic E-state index is 13.0. The second-order valence-corrected chi connectivity index (χ2v) is 9.58. The minimum absolute atomic E-state index is 0.0370. The van der Waals surface area contributed by atoms with Gasteiger partial charge in [-0.15, -0.1) is 0 Å². The van der Waals surface area contributed by atoms with Crippen molar-refractivity contribution in [1.29, 1.82) is 0 Å². The van der Waals surface area contributed by atoms with E-state index in [4.69, 9.17) is 27.9 Å². The summed E-state index contributed by atoms with van der Waals surface area (Å²) >= 11 is 13.0. The zero-order valence-electron chi connectivity index (χ0n) is 18.6. The fourth-order valence-electron chi connectivity index (χ4n) is 3.39. The second-order valence-electron chi connectivity index (χ2n) is 7.75. The summed E-state index contributed by atoms with van der Waals surface area (Å²) in [7, 11) is 0. The smallest absolute Gasteiger partial charge is 0.293 e. The molecule has 1 heterocycles. The van der Waals surface area contributed by atoms with Gasteiger partial charge >= 0.3 is 0 Å². The fraction of sp³-hybridized carbons (Fsp3) is 0.115. The molecular weight excluding hydrogens is 507 g/mol. The van der Waals surface area contributed by atoms with Gasteiger partial charge in [0.15, 0.2) is 6.61 Å². The number of nitrogens with one attached hydrogen (secondary N) is 1. The Hall–Kier alpha value is -3.26. The van der Waals surface area contributed by atoms with Crippen molar-refractivity contribution in [3.05, 3.63) is 98.4 Å². The highest BCUT2D eigenvalue weighted by atomic mass is 35.5. The van der Waals surface area contributed by atoms with Crippen LogP contribution in [0.1, 0.15) is 16.7 Å². The van der Waals surface area contributed by atoms with E-state index in [1.54, 1.807) is 54.6 Å². The Labute approximate surface area is 216 Å². The number of carbonyl (C=O) groups is 3. The molecule has 1 aliphatic heterocycles. The van der Waals surface area contributed by atoms with Crippen LogP contribution in [0.25, 0.3) is 6.08 Å². The predicted molar refractivity (Wildman–Crippen MR) is 140 cm³/mol. The highest BCUT2D eigenvalue weighted by Gasteiger charge is 2.35. The number of amides is 3. The standard InChI is InChI=1S/C26H20Cl2N2O4S/c1-16-5-4-7-20(11-16)29-24(31)15-34-22-8-3-2-6-17(22)12-23-25(32)30(26(33)35-23)14-18-9-10-19(27)13-21(18)28/h2-13H,14-15H2,1H3,(H,29,31)/b23-12-. The Balaban J connectivity index is 1.45. The van der Waals surface area contributed by atoms with Gasteiger partial charge in [0.05, 0.1) is 11.4 Å². The minimum atomic E-state index is -0.432. The third-order valence-corrected chi connectivity index (χ3v) is 6.58. The lowest BCUT2D eigenvalue weighted by Crippen LogP contribution is -2.27. The van der Waals surface area contributed by atoms with E-state index in [0.29, 0.717) is 32.6 Å². The van der Waals surface area contributed by atoms with Gasteiger partial charge in [0.25, 0.3) is 17.1 Å². The molecule has 6 nitrogen and oxygen atoms in total. The number of anilines is 1. The minimum Gasteiger partial charge on any atom is -0.483 e. The molecular formula is C26H20Cl2N2O4S. The monoisotopic (exact) mass is 526 g/mol. The molecule has 9 heteroatoms. The number of hydrogen-bond donors (Lipinski definition) is 1. The van der Waals surface area contributed by atoms with Gasteiger partial charge in [0, 0.05) is 21.3 Å². The average molecular weight is 527 g/mol. The third kappa shape index (κ3) is 6.25. The van der Waals surface area contributed by atoms with Crippen molar-refractivity contribution < 1.29 is 19.1 Å². The second kappa shape index (κ2) is 11.0. The van der Waals surface area contributed by atoms with Crippen molar-refractivity contribution in [2.75, 3.05) is 11.9 Å². The summed E-state index contributed by atoms with van der Waals surface area (Å²) in [5, 5.41) is 3.23. The molecule has 3 amide bonds. The van der Waals surface area contributed by atoms with E-state index >= 15 is 0 Å². The van der Waals surface area contributed by atoms with Crippen LogP contribution < -0.4 is 10.1 Å². The fourth-order valence-corrected chi connectivity index (χ4v) is 4.69. The molecule has 1 N–H and O–H groups in total. The van der Waals surface area contributed by atoms with Gasteiger partial charge in [-0.3, -0.25) is 19.3 Å². The first-order chi connectivity index (χ1) is 16.8. The van der Waals surface area contributed by atoms with Crippen LogP contribution in [-0.2, 0) is 16.1 Å². The quantitative estimate of drug-likeness (QED) is 0.353. The maximum Gasteiger partial charge on any atom is 0.293 e. The number of imide groups is 1. The number of nitrogens with zero attached hydrogens (tertiary/aromatic N) is 1. The zero-order valence-corrected chi connectivity index (χ0v) is 20.9. The Morgan fingerprint density at radius 2 is 1.86 bits per heavy atom. The van der Waals surface area contributed by atoms with Gasteiger partial charge in [-0.1, -0.05) is 59.6 Å². The number of thioether (sulfide) groups is 1. The number of halogens is 2. The molecule has 0 saturated carbocycles. The van der Waals surface area contributed by atoms with E-state index in [-0.39, 0.29) is 24.0 Å². The van der Waals surface area contributed by atoms with Crippen LogP contribution in [0.3, 0.4) is 0 Å². The van der Waals surface area contributed by atoms with Crippen LogP contribution in [-0.4, -0.2) is 28.6 Å². The van der Waals surface area contributed by atoms with Crippen molar-refractivity contribution >= 4 is 63.8 Å². The molecule has 1 saturated heterocycles. The molecule has 0 radical (unpaired) electrons. The Kier molecular flexibility index (Phi) is 7.80. The van der Waals surface area contributed by atoms with Crippen LogP contribution >= 0.6 is 35.0 Å². The van der Waals surface area contributed by atoms with Crippen LogP contribution in [0.15, 0.2) is 71.6 Å². The summed E-state index contributed by atoms with van der Waals surface area (Å²) in [6.07, 6.45) is 1.59. The molecule has 3 aromatic carbocycles. The molecule has 35 heavy (non-hydrogen) atoms. The number of carbonyl (C=O) groups excluding carboxylic acids is 3.